The average Bonchev–Trinajstić information content (AvgIpc) is 2.59. The van der Waals surface area contributed by atoms with Crippen LogP contribution in [0.1, 0.15) is 26.7 Å². The Balaban J connectivity index is 1.86. The fourth-order valence-electron chi connectivity index (χ4n) is 2.48. The molecule has 1 aromatic rings. The quantitative estimate of drug-likeness (QED) is 0.621. The predicted octanol–water partition coefficient (Wildman–Crippen LogP) is 3.51. The Morgan fingerprint density at radius 2 is 2.08 bits per heavy atom. The Kier molecular flexibility index (Phi) is 6.18. The van der Waals surface area contributed by atoms with Crippen LogP contribution in [0.15, 0.2) is 53.2 Å². The number of benzene rings is 1. The lowest BCUT2D eigenvalue weighted by molar-refractivity contribution is -0.119. The number of nitrogens with one attached hydrogen (secondary N) is 2. The summed E-state index contributed by atoms with van der Waals surface area (Å²) in [4.78, 5) is 12.0. The van der Waals surface area contributed by atoms with Crippen molar-refractivity contribution >= 4 is 17.3 Å². The summed E-state index contributed by atoms with van der Waals surface area (Å²) in [6.07, 6.45) is 3.97. The number of hydrazone groups is 1. The molecule has 0 fully saturated rings. The number of ether oxygens (including phenoxy) is 1. The SMILES string of the molecule is C=C(C)[C@@H]1CC=C(C)/C(=N/NC(=O)CNc2ccc(OC)cc2)C1. The van der Waals surface area contributed by atoms with Gasteiger partial charge in [-0.05, 0) is 62.4 Å². The second-order valence-electron chi connectivity index (χ2n) is 6.05. The fourth-order valence-corrected chi connectivity index (χ4v) is 2.48. The minimum absolute atomic E-state index is 0.162. The normalized spacial score (nSPS) is 18.7. The highest BCUT2D eigenvalue weighted by molar-refractivity contribution is 6.01. The van der Waals surface area contributed by atoms with Gasteiger partial charge in [-0.1, -0.05) is 18.2 Å². The largest absolute Gasteiger partial charge is 0.497 e. The van der Waals surface area contributed by atoms with Gasteiger partial charge in [0.2, 0.25) is 0 Å². The van der Waals surface area contributed by atoms with Crippen molar-refractivity contribution in [1.82, 2.24) is 5.43 Å². The molecule has 1 aromatic carbocycles. The predicted molar refractivity (Wildman–Crippen MR) is 98.4 cm³/mol. The molecule has 2 N–H and O–H groups in total. The molecule has 5 heteroatoms. The van der Waals surface area contributed by atoms with Crippen LogP contribution in [0.4, 0.5) is 5.69 Å². The highest BCUT2D eigenvalue weighted by Crippen LogP contribution is 2.26. The number of hydrogen-bond donors (Lipinski definition) is 2. The van der Waals surface area contributed by atoms with E-state index < -0.39 is 0 Å². The third-order valence-corrected chi connectivity index (χ3v) is 4.16. The van der Waals surface area contributed by atoms with Crippen LogP contribution in [-0.4, -0.2) is 25.3 Å². The van der Waals surface area contributed by atoms with Gasteiger partial charge in [0.25, 0.3) is 5.91 Å². The molecule has 0 heterocycles. The summed E-state index contributed by atoms with van der Waals surface area (Å²) in [6, 6.07) is 7.41. The van der Waals surface area contributed by atoms with E-state index in [1.165, 1.54) is 0 Å². The highest BCUT2D eigenvalue weighted by Gasteiger charge is 2.18. The van der Waals surface area contributed by atoms with E-state index in [1.54, 1.807) is 7.11 Å². The smallest absolute Gasteiger partial charge is 0.259 e. The number of nitrogens with zero attached hydrogens (tertiary/aromatic N) is 1. The van der Waals surface area contributed by atoms with Gasteiger partial charge >= 0.3 is 0 Å². The van der Waals surface area contributed by atoms with Crippen LogP contribution in [0, 0.1) is 5.92 Å². The average molecular weight is 327 g/mol. The first-order chi connectivity index (χ1) is 11.5. The van der Waals surface area contributed by atoms with Gasteiger partial charge in [0, 0.05) is 5.69 Å². The van der Waals surface area contributed by atoms with Crippen LogP contribution in [-0.2, 0) is 4.79 Å². The maximum absolute atomic E-state index is 12.0. The molecule has 2 rings (SSSR count). The third kappa shape index (κ3) is 4.98. The molecule has 0 saturated carbocycles. The minimum atomic E-state index is -0.177. The lowest BCUT2D eigenvalue weighted by Gasteiger charge is -2.22. The minimum Gasteiger partial charge on any atom is -0.497 e. The summed E-state index contributed by atoms with van der Waals surface area (Å²) in [6.45, 7) is 8.24. The molecule has 1 aliphatic rings. The van der Waals surface area contributed by atoms with Crippen LogP contribution < -0.4 is 15.5 Å². The van der Waals surface area contributed by atoms with Crippen molar-refractivity contribution in [3.8, 4) is 5.75 Å². The van der Waals surface area contributed by atoms with E-state index in [1.807, 2.05) is 38.1 Å². The van der Waals surface area contributed by atoms with Gasteiger partial charge in [-0.3, -0.25) is 4.79 Å². The van der Waals surface area contributed by atoms with Crippen molar-refractivity contribution in [2.45, 2.75) is 26.7 Å². The summed E-state index contributed by atoms with van der Waals surface area (Å²) < 4.78 is 5.10. The Bertz CT molecular complexity index is 660. The number of allylic oxidation sites excluding steroid dienone is 3. The van der Waals surface area contributed by atoms with E-state index in [-0.39, 0.29) is 12.5 Å². The number of amides is 1. The summed E-state index contributed by atoms with van der Waals surface area (Å²) in [5, 5.41) is 7.34. The van der Waals surface area contributed by atoms with Crippen molar-refractivity contribution in [2.24, 2.45) is 11.0 Å². The van der Waals surface area contributed by atoms with Crippen molar-refractivity contribution in [3.05, 3.63) is 48.1 Å². The lowest BCUT2D eigenvalue weighted by atomic mass is 9.85. The number of anilines is 1. The first kappa shape index (κ1) is 17.8. The molecule has 0 radical (unpaired) electrons. The van der Waals surface area contributed by atoms with Crippen LogP contribution in [0.25, 0.3) is 0 Å². The Morgan fingerprint density at radius 1 is 1.38 bits per heavy atom. The number of methoxy groups -OCH3 is 1. The molecule has 0 aliphatic heterocycles. The van der Waals surface area contributed by atoms with Crippen molar-refractivity contribution in [3.63, 3.8) is 0 Å². The zero-order valence-electron chi connectivity index (χ0n) is 14.6. The molecule has 0 bridgehead atoms. The molecule has 1 atom stereocenters. The van der Waals surface area contributed by atoms with Gasteiger partial charge in [-0.25, -0.2) is 5.43 Å². The van der Waals surface area contributed by atoms with Gasteiger partial charge in [0.1, 0.15) is 5.75 Å². The first-order valence-corrected chi connectivity index (χ1v) is 8.05. The molecule has 0 unspecified atom stereocenters. The zero-order valence-corrected chi connectivity index (χ0v) is 14.6. The molecule has 1 amide bonds. The Hall–Kier alpha value is -2.56. The van der Waals surface area contributed by atoms with Crippen molar-refractivity contribution in [1.29, 1.82) is 0 Å². The maximum atomic E-state index is 12.0. The van der Waals surface area contributed by atoms with E-state index in [0.29, 0.717) is 5.92 Å². The molecule has 128 valence electrons. The van der Waals surface area contributed by atoms with E-state index in [0.717, 1.165) is 41.1 Å². The first-order valence-electron chi connectivity index (χ1n) is 8.05. The maximum Gasteiger partial charge on any atom is 0.259 e. The fraction of sp³-hybridized carbons (Fsp3) is 0.368. The summed E-state index contributed by atoms with van der Waals surface area (Å²) in [5.41, 5.74) is 6.68. The van der Waals surface area contributed by atoms with Gasteiger partial charge in [-0.15, -0.1) is 0 Å². The molecule has 24 heavy (non-hydrogen) atoms. The number of carbonyl (C=O) groups excluding carboxylic acids is 1. The molecule has 5 nitrogen and oxygen atoms in total. The number of hydrogen-bond acceptors (Lipinski definition) is 4. The second kappa shape index (κ2) is 8.34. The molecule has 1 aliphatic carbocycles. The monoisotopic (exact) mass is 327 g/mol. The number of rotatable bonds is 6. The number of carbonyl (C=O) groups is 1. The standard InChI is InChI=1S/C19H25N3O2/c1-13(2)15-6-5-14(3)18(11-15)21-22-19(23)12-20-16-7-9-17(24-4)10-8-16/h5,7-10,15,20H,1,6,11-12H2,2-4H3,(H,22,23)/b21-18+/t15-/m1/s1. The molecular formula is C19H25N3O2. The molecular weight excluding hydrogens is 302 g/mol. The van der Waals surface area contributed by atoms with Crippen LogP contribution in [0.5, 0.6) is 5.75 Å². The Labute approximate surface area is 143 Å². The molecule has 0 spiro atoms. The van der Waals surface area contributed by atoms with Crippen LogP contribution in [0.2, 0.25) is 0 Å². The Morgan fingerprint density at radius 3 is 2.71 bits per heavy atom. The topological polar surface area (TPSA) is 62.7 Å². The van der Waals surface area contributed by atoms with Gasteiger partial charge in [-0.2, -0.15) is 5.10 Å². The van der Waals surface area contributed by atoms with Crippen LogP contribution in [0.3, 0.4) is 0 Å². The van der Waals surface area contributed by atoms with E-state index in [2.05, 4.69) is 28.5 Å². The van der Waals surface area contributed by atoms with Crippen molar-refractivity contribution in [2.75, 3.05) is 19.0 Å². The van der Waals surface area contributed by atoms with E-state index >= 15 is 0 Å². The van der Waals surface area contributed by atoms with Crippen LogP contribution >= 0.6 is 0 Å². The second-order valence-corrected chi connectivity index (χ2v) is 6.05. The van der Waals surface area contributed by atoms with Gasteiger partial charge < -0.3 is 10.1 Å². The molecule has 0 aromatic heterocycles. The molecule has 0 saturated heterocycles. The summed E-state index contributed by atoms with van der Waals surface area (Å²) in [5.74, 6) is 1.01. The lowest BCUT2D eigenvalue weighted by Crippen LogP contribution is -2.28. The van der Waals surface area contributed by atoms with Crippen molar-refractivity contribution < 1.29 is 9.53 Å². The third-order valence-electron chi connectivity index (χ3n) is 4.16. The highest BCUT2D eigenvalue weighted by atomic mass is 16.5. The van der Waals surface area contributed by atoms with Gasteiger partial charge in [0.05, 0.1) is 19.4 Å². The zero-order chi connectivity index (χ0) is 17.5. The van der Waals surface area contributed by atoms with E-state index in [9.17, 15) is 4.79 Å². The van der Waals surface area contributed by atoms with Gasteiger partial charge in [0.15, 0.2) is 0 Å². The van der Waals surface area contributed by atoms with E-state index in [4.69, 9.17) is 4.74 Å². The summed E-state index contributed by atoms with van der Waals surface area (Å²) in [7, 11) is 1.62. The summed E-state index contributed by atoms with van der Waals surface area (Å²) >= 11 is 0.